The Morgan fingerprint density at radius 1 is 0.760 bits per heavy atom. The van der Waals surface area contributed by atoms with Gasteiger partial charge in [0.1, 0.15) is 11.5 Å². The number of phenols is 2. The minimum absolute atomic E-state index is 0.253. The molecule has 0 aliphatic heterocycles. The van der Waals surface area contributed by atoms with E-state index in [4.69, 9.17) is 11.6 Å². The van der Waals surface area contributed by atoms with Gasteiger partial charge in [-0.05, 0) is 61.3 Å². The molecule has 128 valence electrons. The topological polar surface area (TPSA) is 40.5 Å². The predicted molar refractivity (Wildman–Crippen MR) is 103 cm³/mol. The van der Waals surface area contributed by atoms with E-state index in [1.165, 1.54) is 5.56 Å². The predicted octanol–water partition coefficient (Wildman–Crippen LogP) is 6.35. The van der Waals surface area contributed by atoms with Gasteiger partial charge in [0.05, 0.1) is 0 Å². The lowest BCUT2D eigenvalue weighted by molar-refractivity contribution is 0.381. The molecule has 0 aromatic heterocycles. The Kier molecular flexibility index (Phi) is 4.30. The molecule has 3 aromatic rings. The number of aromatic hydroxyl groups is 2. The van der Waals surface area contributed by atoms with Gasteiger partial charge in [-0.2, -0.15) is 0 Å². The summed E-state index contributed by atoms with van der Waals surface area (Å²) in [5, 5.41) is 23.3. The van der Waals surface area contributed by atoms with E-state index >= 15 is 0 Å². The van der Waals surface area contributed by atoms with E-state index in [1.54, 1.807) is 6.07 Å². The molecular weight excluding hydrogens is 332 g/mol. The zero-order chi connectivity index (χ0) is 17.4. The molecule has 1 aliphatic carbocycles. The number of hydrogen-bond donors (Lipinski definition) is 2. The van der Waals surface area contributed by atoms with Gasteiger partial charge in [-0.15, -0.1) is 0 Å². The van der Waals surface area contributed by atoms with Gasteiger partial charge in [-0.25, -0.2) is 0 Å². The lowest BCUT2D eigenvalue weighted by Crippen LogP contribution is -2.12. The molecule has 0 bridgehead atoms. The van der Waals surface area contributed by atoms with Gasteiger partial charge in [-0.1, -0.05) is 48.0 Å². The minimum Gasteiger partial charge on any atom is -0.507 e. The number of hydrogen-bond acceptors (Lipinski definition) is 2. The van der Waals surface area contributed by atoms with E-state index < -0.39 is 0 Å². The molecule has 2 nitrogen and oxygen atoms in total. The summed E-state index contributed by atoms with van der Waals surface area (Å²) in [6.07, 6.45) is 4.19. The van der Waals surface area contributed by atoms with Crippen LogP contribution in [0.1, 0.15) is 48.6 Å². The molecule has 0 heterocycles. The fraction of sp³-hybridized carbons (Fsp3) is 0.273. The van der Waals surface area contributed by atoms with Crippen molar-refractivity contribution in [3.63, 3.8) is 0 Å². The lowest BCUT2D eigenvalue weighted by atomic mass is 9.75. The van der Waals surface area contributed by atoms with Gasteiger partial charge in [0, 0.05) is 21.4 Å². The van der Waals surface area contributed by atoms with Crippen LogP contribution >= 0.6 is 11.6 Å². The van der Waals surface area contributed by atoms with E-state index in [1.807, 2.05) is 36.4 Å². The minimum atomic E-state index is 0.253. The van der Waals surface area contributed by atoms with E-state index in [0.29, 0.717) is 23.0 Å². The highest BCUT2D eigenvalue weighted by Crippen LogP contribution is 2.46. The smallest absolute Gasteiger partial charge is 0.127 e. The molecule has 1 aliphatic rings. The second kappa shape index (κ2) is 6.61. The summed E-state index contributed by atoms with van der Waals surface area (Å²) >= 11 is 5.98. The van der Waals surface area contributed by atoms with Crippen molar-refractivity contribution in [2.45, 2.75) is 37.5 Å². The number of benzene rings is 3. The van der Waals surface area contributed by atoms with Crippen LogP contribution in [0, 0.1) is 0 Å². The van der Waals surface area contributed by atoms with Crippen LogP contribution in [-0.2, 0) is 0 Å². The highest BCUT2D eigenvalue weighted by Gasteiger charge is 2.26. The third-order valence-electron chi connectivity index (χ3n) is 5.53. The van der Waals surface area contributed by atoms with Crippen LogP contribution < -0.4 is 0 Å². The normalized spacial score (nSPS) is 20.7. The molecule has 1 saturated carbocycles. The Morgan fingerprint density at radius 2 is 1.36 bits per heavy atom. The Hall–Kier alpha value is -2.19. The Morgan fingerprint density at radius 3 is 2.04 bits per heavy atom. The maximum absolute atomic E-state index is 10.7. The summed E-state index contributed by atoms with van der Waals surface area (Å²) in [6.45, 7) is 0. The van der Waals surface area contributed by atoms with Crippen LogP contribution in [-0.4, -0.2) is 10.2 Å². The summed E-state index contributed by atoms with van der Waals surface area (Å²) < 4.78 is 0. The van der Waals surface area contributed by atoms with Gasteiger partial charge in [0.2, 0.25) is 0 Å². The van der Waals surface area contributed by atoms with Crippen LogP contribution in [0.25, 0.3) is 10.8 Å². The van der Waals surface area contributed by atoms with Crippen LogP contribution in [0.4, 0.5) is 0 Å². The number of halogens is 1. The fourth-order valence-electron chi connectivity index (χ4n) is 4.15. The molecule has 0 amide bonds. The van der Waals surface area contributed by atoms with Crippen molar-refractivity contribution in [3.05, 3.63) is 70.7 Å². The molecule has 0 unspecified atom stereocenters. The SMILES string of the molecule is Oc1cc(C2CCC(c3ccc(Cl)cc3)CC2)c(O)c2ccccc12. The third kappa shape index (κ3) is 3.07. The maximum atomic E-state index is 10.7. The first-order valence-corrected chi connectivity index (χ1v) is 9.20. The standard InChI is InChI=1S/C22H21ClO2/c23-17-11-9-15(10-12-17)14-5-7-16(8-6-14)20-13-21(24)18-3-1-2-4-19(18)22(20)25/h1-4,9-14,16,24-25H,5-8H2. The first kappa shape index (κ1) is 16.3. The Labute approximate surface area is 152 Å². The Bertz CT molecular complexity index is 894. The van der Waals surface area contributed by atoms with Crippen LogP contribution in [0.5, 0.6) is 11.5 Å². The van der Waals surface area contributed by atoms with Crippen molar-refractivity contribution in [1.82, 2.24) is 0 Å². The molecule has 2 N–H and O–H groups in total. The van der Waals surface area contributed by atoms with Gasteiger partial charge in [0.25, 0.3) is 0 Å². The average molecular weight is 353 g/mol. The maximum Gasteiger partial charge on any atom is 0.127 e. The summed E-state index contributed by atoms with van der Waals surface area (Å²) in [5.41, 5.74) is 2.22. The molecule has 3 aromatic carbocycles. The highest BCUT2D eigenvalue weighted by atomic mass is 35.5. The summed E-state index contributed by atoms with van der Waals surface area (Å²) in [7, 11) is 0. The number of phenolic OH excluding ortho intramolecular Hbond substituents is 2. The monoisotopic (exact) mass is 352 g/mol. The van der Waals surface area contributed by atoms with E-state index in [0.717, 1.165) is 41.7 Å². The third-order valence-corrected chi connectivity index (χ3v) is 5.78. The van der Waals surface area contributed by atoms with Crippen LogP contribution in [0.2, 0.25) is 5.02 Å². The first-order chi connectivity index (χ1) is 12.1. The zero-order valence-electron chi connectivity index (χ0n) is 14.0. The van der Waals surface area contributed by atoms with E-state index in [-0.39, 0.29) is 5.75 Å². The summed E-state index contributed by atoms with van der Waals surface area (Å²) in [6, 6.07) is 17.4. The molecule has 0 saturated heterocycles. The molecule has 0 radical (unpaired) electrons. The summed E-state index contributed by atoms with van der Waals surface area (Å²) in [4.78, 5) is 0. The molecular formula is C22H21ClO2. The van der Waals surface area contributed by atoms with Crippen molar-refractivity contribution in [3.8, 4) is 11.5 Å². The van der Waals surface area contributed by atoms with Gasteiger partial charge >= 0.3 is 0 Å². The largest absolute Gasteiger partial charge is 0.507 e. The second-order valence-corrected chi connectivity index (χ2v) is 7.42. The fourth-order valence-corrected chi connectivity index (χ4v) is 4.27. The van der Waals surface area contributed by atoms with Crippen molar-refractivity contribution in [2.75, 3.05) is 0 Å². The second-order valence-electron chi connectivity index (χ2n) is 6.98. The van der Waals surface area contributed by atoms with Crippen LogP contribution in [0.3, 0.4) is 0 Å². The molecule has 1 fully saturated rings. The highest BCUT2D eigenvalue weighted by molar-refractivity contribution is 6.30. The van der Waals surface area contributed by atoms with Crippen LogP contribution in [0.15, 0.2) is 54.6 Å². The zero-order valence-corrected chi connectivity index (χ0v) is 14.7. The first-order valence-electron chi connectivity index (χ1n) is 8.82. The van der Waals surface area contributed by atoms with Crippen molar-refractivity contribution < 1.29 is 10.2 Å². The molecule has 4 rings (SSSR count). The van der Waals surface area contributed by atoms with Gasteiger partial charge < -0.3 is 10.2 Å². The van der Waals surface area contributed by atoms with E-state index in [9.17, 15) is 10.2 Å². The van der Waals surface area contributed by atoms with Crippen molar-refractivity contribution in [1.29, 1.82) is 0 Å². The molecule has 3 heteroatoms. The molecule has 25 heavy (non-hydrogen) atoms. The molecule has 0 spiro atoms. The summed E-state index contributed by atoms with van der Waals surface area (Å²) in [5.74, 6) is 1.41. The average Bonchev–Trinajstić information content (AvgIpc) is 2.66. The van der Waals surface area contributed by atoms with Crippen molar-refractivity contribution >= 4 is 22.4 Å². The molecule has 0 atom stereocenters. The lowest BCUT2D eigenvalue weighted by Gasteiger charge is -2.30. The van der Waals surface area contributed by atoms with E-state index in [2.05, 4.69) is 12.1 Å². The number of rotatable bonds is 2. The van der Waals surface area contributed by atoms with Crippen molar-refractivity contribution in [2.24, 2.45) is 0 Å². The quantitative estimate of drug-likeness (QED) is 0.528. The van der Waals surface area contributed by atoms with Gasteiger partial charge in [-0.3, -0.25) is 0 Å². The number of fused-ring (bicyclic) bond motifs is 1. The van der Waals surface area contributed by atoms with Gasteiger partial charge in [0.15, 0.2) is 0 Å². The Balaban J connectivity index is 1.57.